The highest BCUT2D eigenvalue weighted by Gasteiger charge is 2.50. The number of esters is 1. The van der Waals surface area contributed by atoms with Gasteiger partial charge in [0.1, 0.15) is 11.5 Å². The average molecular weight is 684 g/mol. The van der Waals surface area contributed by atoms with Gasteiger partial charge in [0, 0.05) is 22.2 Å². The Labute approximate surface area is 252 Å². The Morgan fingerprint density at radius 2 is 1.31 bits per heavy atom. The molecule has 0 aliphatic carbocycles. The number of carboxylic acid groups (broad SMARTS) is 1. The van der Waals surface area contributed by atoms with Crippen LogP contribution in [0.1, 0.15) is 23.6 Å². The first kappa shape index (κ1) is 33.5. The molecule has 7 nitrogen and oxygen atoms in total. The van der Waals surface area contributed by atoms with Crippen LogP contribution in [0, 0.1) is 6.92 Å². The Balaban J connectivity index is 0.000000231. The fraction of sp³-hybridized carbons (Fsp3) is 0.280. The molecule has 228 valence electrons. The Hall–Kier alpha value is -3.00. The SMILES string of the molecule is CCOC(=O)C1=Cc2c(cc(Cl)c(O)c2Cl)OC1C(F)(F)F.Cc1c(Cl)cc2c(c1Cl)C=C(C(=O)O)C(C(F)(F)F)O2. The number of hydrogen-bond donors (Lipinski definition) is 2. The van der Waals surface area contributed by atoms with Crippen molar-refractivity contribution in [3.05, 3.63) is 60.1 Å². The van der Waals surface area contributed by atoms with Gasteiger partial charge in [0.15, 0.2) is 5.75 Å². The van der Waals surface area contributed by atoms with E-state index in [2.05, 4.69) is 4.74 Å². The zero-order valence-electron chi connectivity index (χ0n) is 20.9. The summed E-state index contributed by atoms with van der Waals surface area (Å²) < 4.78 is 91.9. The van der Waals surface area contributed by atoms with E-state index in [1.165, 1.54) is 13.0 Å². The van der Waals surface area contributed by atoms with Gasteiger partial charge in [-0.05, 0) is 37.6 Å². The van der Waals surface area contributed by atoms with Gasteiger partial charge in [-0.25, -0.2) is 9.59 Å². The first-order chi connectivity index (χ1) is 19.3. The van der Waals surface area contributed by atoms with Crippen LogP contribution in [-0.2, 0) is 14.3 Å². The van der Waals surface area contributed by atoms with Crippen molar-refractivity contribution in [2.75, 3.05) is 6.61 Å². The predicted octanol–water partition coefficient (Wildman–Crippen LogP) is 8.06. The first-order valence-corrected chi connectivity index (χ1v) is 12.8. The lowest BCUT2D eigenvalue weighted by molar-refractivity contribution is -0.187. The second kappa shape index (κ2) is 12.3. The summed E-state index contributed by atoms with van der Waals surface area (Å²) in [6.45, 7) is 2.92. The van der Waals surface area contributed by atoms with Crippen molar-refractivity contribution in [2.45, 2.75) is 38.4 Å². The highest BCUT2D eigenvalue weighted by molar-refractivity contribution is 6.38. The number of phenolic OH excluding ortho intramolecular Hbond substituents is 1. The largest absolute Gasteiger partial charge is 0.505 e. The summed E-state index contributed by atoms with van der Waals surface area (Å²) in [5, 5.41) is 18.1. The minimum absolute atomic E-state index is 0.0619. The van der Waals surface area contributed by atoms with Crippen molar-refractivity contribution < 1.29 is 60.4 Å². The van der Waals surface area contributed by atoms with Crippen molar-refractivity contribution in [3.63, 3.8) is 0 Å². The summed E-state index contributed by atoms with van der Waals surface area (Å²) in [4.78, 5) is 22.7. The zero-order chi connectivity index (χ0) is 31.9. The quantitative estimate of drug-likeness (QED) is 0.249. The fourth-order valence-corrected chi connectivity index (χ4v) is 4.65. The Morgan fingerprint density at radius 3 is 1.79 bits per heavy atom. The third kappa shape index (κ3) is 6.80. The fourth-order valence-electron chi connectivity index (χ4n) is 3.67. The molecule has 2 heterocycles. The Kier molecular flexibility index (Phi) is 9.82. The zero-order valence-corrected chi connectivity index (χ0v) is 23.9. The molecule has 17 heteroatoms. The number of aromatic hydroxyl groups is 1. The van der Waals surface area contributed by atoms with E-state index in [9.17, 15) is 41.0 Å². The molecular formula is C25H16Cl4F6O7. The number of phenols is 1. The van der Waals surface area contributed by atoms with Gasteiger partial charge in [0.05, 0.1) is 32.8 Å². The molecule has 2 aromatic rings. The van der Waals surface area contributed by atoms with Gasteiger partial charge >= 0.3 is 24.3 Å². The third-order valence-corrected chi connectivity index (χ3v) is 7.20. The van der Waals surface area contributed by atoms with Crippen LogP contribution in [0.4, 0.5) is 26.3 Å². The Morgan fingerprint density at radius 1 is 0.857 bits per heavy atom. The number of carbonyl (C=O) groups excluding carboxylic acids is 1. The summed E-state index contributed by atoms with van der Waals surface area (Å²) in [7, 11) is 0. The van der Waals surface area contributed by atoms with Gasteiger partial charge in [-0.15, -0.1) is 0 Å². The third-order valence-electron chi connectivity index (χ3n) is 5.65. The number of rotatable bonds is 3. The molecule has 0 saturated carbocycles. The molecule has 42 heavy (non-hydrogen) atoms. The minimum atomic E-state index is -4.86. The summed E-state index contributed by atoms with van der Waals surface area (Å²) in [6.07, 6.45) is -13.0. The maximum absolute atomic E-state index is 13.1. The highest BCUT2D eigenvalue weighted by Crippen LogP contribution is 2.46. The molecule has 2 aliphatic rings. The van der Waals surface area contributed by atoms with Crippen LogP contribution in [-0.4, -0.2) is 53.3 Å². The van der Waals surface area contributed by atoms with Crippen LogP contribution in [0.5, 0.6) is 17.2 Å². The molecule has 2 unspecified atom stereocenters. The monoisotopic (exact) mass is 682 g/mol. The molecule has 2 atom stereocenters. The molecule has 0 amide bonds. The number of ether oxygens (including phenoxy) is 3. The van der Waals surface area contributed by atoms with Crippen molar-refractivity contribution in [1.29, 1.82) is 0 Å². The van der Waals surface area contributed by atoms with Gasteiger partial charge in [-0.1, -0.05) is 46.4 Å². The van der Waals surface area contributed by atoms with E-state index in [0.717, 1.165) is 18.2 Å². The van der Waals surface area contributed by atoms with Crippen molar-refractivity contribution >= 4 is 70.5 Å². The summed E-state index contributed by atoms with van der Waals surface area (Å²) in [5.41, 5.74) is -1.25. The number of benzene rings is 2. The molecule has 2 N–H and O–H groups in total. The number of hydrogen-bond acceptors (Lipinski definition) is 6. The normalized spacial score (nSPS) is 17.7. The van der Waals surface area contributed by atoms with Crippen molar-refractivity contribution in [2.24, 2.45) is 0 Å². The summed E-state index contributed by atoms with van der Waals surface area (Å²) >= 11 is 23.3. The number of halogens is 10. The molecule has 0 fully saturated rings. The number of carboxylic acids is 1. The van der Waals surface area contributed by atoms with E-state index in [1.807, 2.05) is 0 Å². The molecule has 0 aromatic heterocycles. The van der Waals surface area contributed by atoms with Gasteiger partial charge in [0.2, 0.25) is 12.2 Å². The minimum Gasteiger partial charge on any atom is -0.505 e. The number of carbonyl (C=O) groups is 2. The van der Waals surface area contributed by atoms with Crippen LogP contribution in [0.3, 0.4) is 0 Å². The van der Waals surface area contributed by atoms with E-state index in [4.69, 9.17) is 61.0 Å². The van der Waals surface area contributed by atoms with E-state index < -0.39 is 53.4 Å². The summed E-state index contributed by atoms with van der Waals surface area (Å²) in [5.74, 6) is -3.90. The van der Waals surface area contributed by atoms with Crippen molar-refractivity contribution in [3.8, 4) is 17.2 Å². The lowest BCUT2D eigenvalue weighted by atomic mass is 9.99. The second-order valence-electron chi connectivity index (χ2n) is 8.45. The molecule has 2 aliphatic heterocycles. The van der Waals surface area contributed by atoms with Crippen LogP contribution < -0.4 is 9.47 Å². The number of aliphatic carboxylic acids is 1. The molecule has 0 spiro atoms. The highest BCUT2D eigenvalue weighted by atomic mass is 35.5. The molecular weight excluding hydrogens is 668 g/mol. The van der Waals surface area contributed by atoms with Crippen LogP contribution >= 0.6 is 46.4 Å². The maximum atomic E-state index is 13.1. The lowest BCUT2D eigenvalue weighted by Gasteiger charge is -2.28. The van der Waals surface area contributed by atoms with Gasteiger partial charge in [-0.3, -0.25) is 0 Å². The first-order valence-electron chi connectivity index (χ1n) is 11.3. The van der Waals surface area contributed by atoms with Crippen LogP contribution in [0.2, 0.25) is 20.1 Å². The maximum Gasteiger partial charge on any atom is 0.430 e. The van der Waals surface area contributed by atoms with Crippen LogP contribution in [0.15, 0.2) is 23.3 Å². The molecule has 0 bridgehead atoms. The van der Waals surface area contributed by atoms with Gasteiger partial charge in [-0.2, -0.15) is 26.3 Å². The molecule has 2 aromatic carbocycles. The molecule has 0 radical (unpaired) electrons. The molecule has 0 saturated heterocycles. The molecule has 4 rings (SSSR count). The van der Waals surface area contributed by atoms with E-state index in [0.29, 0.717) is 5.56 Å². The number of alkyl halides is 6. The van der Waals surface area contributed by atoms with Gasteiger partial charge < -0.3 is 24.4 Å². The summed E-state index contributed by atoms with van der Waals surface area (Å²) in [6, 6.07) is 2.18. The Bertz CT molecular complexity index is 1500. The average Bonchev–Trinajstić information content (AvgIpc) is 2.88. The topological polar surface area (TPSA) is 102 Å². The van der Waals surface area contributed by atoms with E-state index in [-0.39, 0.29) is 49.3 Å². The van der Waals surface area contributed by atoms with Crippen molar-refractivity contribution in [1.82, 2.24) is 0 Å². The standard InChI is InChI=1S/C13H9Cl2F3O4.C12H7Cl2F3O3/c1-2-21-12(20)6-3-5-8(22-11(6)13(16,17)18)4-7(14)10(19)9(5)15;1-4-7(13)3-8-5(9(4)14)2-6(11(18)19)10(20-8)12(15,16)17/h3-4,11,19H,2H2,1H3;2-3,10H,1H3,(H,18,19). The van der Waals surface area contributed by atoms with Crippen LogP contribution in [0.25, 0.3) is 12.2 Å². The second-order valence-corrected chi connectivity index (χ2v) is 10.0. The van der Waals surface area contributed by atoms with E-state index in [1.54, 1.807) is 6.92 Å². The van der Waals surface area contributed by atoms with E-state index >= 15 is 0 Å². The smallest absolute Gasteiger partial charge is 0.430 e. The predicted molar refractivity (Wildman–Crippen MR) is 140 cm³/mol. The number of fused-ring (bicyclic) bond motifs is 2. The van der Waals surface area contributed by atoms with Gasteiger partial charge in [0.25, 0.3) is 0 Å². The lowest BCUT2D eigenvalue weighted by Crippen LogP contribution is -2.40.